The summed E-state index contributed by atoms with van der Waals surface area (Å²) >= 11 is 9.51. The van der Waals surface area contributed by atoms with Crippen LogP contribution in [0.15, 0.2) is 45.2 Å². The van der Waals surface area contributed by atoms with Crippen LogP contribution in [0.3, 0.4) is 0 Å². The molecule has 3 aliphatic rings. The van der Waals surface area contributed by atoms with Crippen LogP contribution in [0.25, 0.3) is 0 Å². The van der Waals surface area contributed by atoms with Crippen LogP contribution in [0.2, 0.25) is 5.02 Å². The number of cyclic esters (lactones) is 1. The summed E-state index contributed by atoms with van der Waals surface area (Å²) in [4.78, 5) is 24.8. The van der Waals surface area contributed by atoms with Gasteiger partial charge in [-0.2, -0.15) is 0 Å². The first kappa shape index (κ1) is 15.0. The number of carbonyl (C=O) groups is 2. The lowest BCUT2D eigenvalue weighted by Gasteiger charge is -2.32. The summed E-state index contributed by atoms with van der Waals surface area (Å²) in [5, 5.41) is 3.85. The lowest BCUT2D eigenvalue weighted by Crippen LogP contribution is -2.32. The summed E-state index contributed by atoms with van der Waals surface area (Å²) in [6, 6.07) is 5.52. The van der Waals surface area contributed by atoms with Crippen molar-refractivity contribution in [2.45, 2.75) is 25.2 Å². The number of hydrogen-bond donors (Lipinski definition) is 1. The molecule has 0 spiro atoms. The SMILES string of the molecule is O=C1CCCC2=C1C(c1ccc(Cl)c(Br)c1)C1=C(COC1=O)N2. The first-order valence-corrected chi connectivity index (χ1v) is 8.61. The predicted octanol–water partition coefficient (Wildman–Crippen LogP) is 3.61. The highest BCUT2D eigenvalue weighted by Crippen LogP contribution is 2.45. The molecule has 4 rings (SSSR count). The van der Waals surface area contributed by atoms with Crippen LogP contribution >= 0.6 is 27.5 Å². The molecule has 1 aromatic rings. The molecule has 0 aromatic heterocycles. The van der Waals surface area contributed by atoms with Gasteiger partial charge in [0.25, 0.3) is 0 Å². The zero-order chi connectivity index (χ0) is 16.1. The molecule has 0 saturated heterocycles. The molecule has 1 aliphatic carbocycles. The number of esters is 1. The summed E-state index contributed by atoms with van der Waals surface area (Å²) in [7, 11) is 0. The molecule has 0 fully saturated rings. The summed E-state index contributed by atoms with van der Waals surface area (Å²) in [5.41, 5.74) is 3.82. The predicted molar refractivity (Wildman–Crippen MR) is 88.9 cm³/mol. The van der Waals surface area contributed by atoms with Crippen molar-refractivity contribution in [1.29, 1.82) is 0 Å². The second-order valence-corrected chi connectivity index (χ2v) is 7.13. The van der Waals surface area contributed by atoms with Gasteiger partial charge in [-0.05, 0) is 46.5 Å². The van der Waals surface area contributed by atoms with Crippen LogP contribution in [-0.2, 0) is 14.3 Å². The Morgan fingerprint density at radius 1 is 1.17 bits per heavy atom. The van der Waals surface area contributed by atoms with Crippen LogP contribution in [0.5, 0.6) is 0 Å². The number of ketones is 1. The largest absolute Gasteiger partial charge is 0.456 e. The second kappa shape index (κ2) is 5.49. The average Bonchev–Trinajstić information content (AvgIpc) is 2.90. The quantitative estimate of drug-likeness (QED) is 0.739. The van der Waals surface area contributed by atoms with Gasteiger partial charge in [0, 0.05) is 28.1 Å². The fourth-order valence-electron chi connectivity index (χ4n) is 3.49. The molecular formula is C17H13BrClNO3. The zero-order valence-electron chi connectivity index (χ0n) is 12.1. The lowest BCUT2D eigenvalue weighted by molar-refractivity contribution is -0.136. The maximum absolute atomic E-state index is 12.5. The molecule has 6 heteroatoms. The van der Waals surface area contributed by atoms with Crippen LogP contribution < -0.4 is 5.32 Å². The molecule has 0 radical (unpaired) electrons. The Kier molecular flexibility index (Phi) is 3.58. The Morgan fingerprint density at radius 2 is 2.00 bits per heavy atom. The monoisotopic (exact) mass is 393 g/mol. The minimum Gasteiger partial charge on any atom is -0.456 e. The zero-order valence-corrected chi connectivity index (χ0v) is 14.5. The first-order chi connectivity index (χ1) is 11.1. The highest BCUT2D eigenvalue weighted by Gasteiger charge is 2.42. The molecule has 1 N–H and O–H groups in total. The summed E-state index contributed by atoms with van der Waals surface area (Å²) in [6.07, 6.45) is 2.17. The smallest absolute Gasteiger partial charge is 0.337 e. The molecule has 1 atom stereocenters. The van der Waals surface area contributed by atoms with Gasteiger partial charge < -0.3 is 10.1 Å². The normalized spacial score (nSPS) is 23.5. The lowest BCUT2D eigenvalue weighted by atomic mass is 9.75. The van der Waals surface area contributed by atoms with Crippen molar-refractivity contribution in [3.63, 3.8) is 0 Å². The van der Waals surface area contributed by atoms with Gasteiger partial charge in [-0.1, -0.05) is 17.7 Å². The number of carbonyl (C=O) groups excluding carboxylic acids is 2. The van der Waals surface area contributed by atoms with E-state index in [1.807, 2.05) is 12.1 Å². The van der Waals surface area contributed by atoms with Gasteiger partial charge in [-0.3, -0.25) is 4.79 Å². The number of allylic oxidation sites excluding steroid dienone is 2. The van der Waals surface area contributed by atoms with Crippen LogP contribution in [-0.4, -0.2) is 18.4 Å². The van der Waals surface area contributed by atoms with Crippen LogP contribution in [0.4, 0.5) is 0 Å². The molecule has 118 valence electrons. The molecule has 0 amide bonds. The van der Waals surface area contributed by atoms with Gasteiger partial charge in [0.05, 0.1) is 16.3 Å². The maximum atomic E-state index is 12.5. The van der Waals surface area contributed by atoms with Crippen molar-refractivity contribution in [3.8, 4) is 0 Å². The number of Topliss-reactive ketones (excluding diaryl/α,β-unsaturated/α-hetero) is 1. The molecule has 4 nitrogen and oxygen atoms in total. The molecule has 0 bridgehead atoms. The third-order valence-electron chi connectivity index (χ3n) is 4.50. The van der Waals surface area contributed by atoms with Crippen molar-refractivity contribution in [1.82, 2.24) is 5.32 Å². The van der Waals surface area contributed by atoms with E-state index in [2.05, 4.69) is 21.2 Å². The Balaban J connectivity index is 1.91. The number of nitrogens with one attached hydrogen (secondary N) is 1. The van der Waals surface area contributed by atoms with E-state index >= 15 is 0 Å². The van der Waals surface area contributed by atoms with Gasteiger partial charge in [0.2, 0.25) is 0 Å². The van der Waals surface area contributed by atoms with E-state index in [1.54, 1.807) is 6.07 Å². The minimum atomic E-state index is -0.377. The number of dihydropyridines is 1. The summed E-state index contributed by atoms with van der Waals surface area (Å²) in [5.74, 6) is -0.632. The van der Waals surface area contributed by atoms with E-state index in [4.69, 9.17) is 16.3 Å². The van der Waals surface area contributed by atoms with Gasteiger partial charge in [0.15, 0.2) is 5.78 Å². The van der Waals surface area contributed by atoms with Crippen LogP contribution in [0, 0.1) is 0 Å². The van der Waals surface area contributed by atoms with E-state index in [9.17, 15) is 9.59 Å². The van der Waals surface area contributed by atoms with Gasteiger partial charge in [-0.25, -0.2) is 4.79 Å². The van der Waals surface area contributed by atoms with Crippen molar-refractivity contribution >= 4 is 39.3 Å². The fraction of sp³-hybridized carbons (Fsp3) is 0.294. The van der Waals surface area contributed by atoms with Gasteiger partial charge >= 0.3 is 5.97 Å². The van der Waals surface area contributed by atoms with Crippen molar-refractivity contribution in [3.05, 3.63) is 55.8 Å². The standard InChI is InChI=1S/C17H13BrClNO3/c18-9-6-8(4-5-10(9)19)14-15-11(2-1-3-13(15)21)20-12-7-23-17(22)16(12)14/h4-6,14,20H,1-3,7H2. The van der Waals surface area contributed by atoms with E-state index in [1.165, 1.54) is 0 Å². The van der Waals surface area contributed by atoms with Crippen molar-refractivity contribution in [2.24, 2.45) is 0 Å². The number of halogens is 2. The van der Waals surface area contributed by atoms with Crippen molar-refractivity contribution in [2.75, 3.05) is 6.61 Å². The molecule has 0 saturated carbocycles. The molecule has 1 aromatic carbocycles. The second-order valence-electron chi connectivity index (χ2n) is 5.87. The van der Waals surface area contributed by atoms with E-state index in [-0.39, 0.29) is 24.3 Å². The summed E-state index contributed by atoms with van der Waals surface area (Å²) < 4.78 is 5.94. The minimum absolute atomic E-state index is 0.0982. The van der Waals surface area contributed by atoms with E-state index in [0.29, 0.717) is 22.6 Å². The molecule has 2 aliphatic heterocycles. The molecule has 23 heavy (non-hydrogen) atoms. The average molecular weight is 395 g/mol. The number of ether oxygens (including phenoxy) is 1. The van der Waals surface area contributed by atoms with E-state index < -0.39 is 0 Å². The fourth-order valence-corrected chi connectivity index (χ4v) is 4.01. The number of rotatable bonds is 1. The highest BCUT2D eigenvalue weighted by atomic mass is 79.9. The Bertz CT molecular complexity index is 812. The molecular weight excluding hydrogens is 382 g/mol. The topological polar surface area (TPSA) is 55.4 Å². The van der Waals surface area contributed by atoms with E-state index in [0.717, 1.165) is 34.3 Å². The Morgan fingerprint density at radius 3 is 2.78 bits per heavy atom. The molecule has 1 unspecified atom stereocenters. The summed E-state index contributed by atoms with van der Waals surface area (Å²) in [6.45, 7) is 0.240. The first-order valence-electron chi connectivity index (χ1n) is 7.44. The number of hydrogen-bond acceptors (Lipinski definition) is 4. The maximum Gasteiger partial charge on any atom is 0.337 e. The Labute approximate surface area is 146 Å². The van der Waals surface area contributed by atoms with Crippen LogP contribution in [0.1, 0.15) is 30.7 Å². The third kappa shape index (κ3) is 2.34. The van der Waals surface area contributed by atoms with Gasteiger partial charge in [0.1, 0.15) is 6.61 Å². The van der Waals surface area contributed by atoms with Crippen molar-refractivity contribution < 1.29 is 14.3 Å². The number of benzene rings is 1. The third-order valence-corrected chi connectivity index (χ3v) is 5.72. The highest BCUT2D eigenvalue weighted by molar-refractivity contribution is 9.10. The molecule has 2 heterocycles. The Hall–Kier alpha value is -1.59. The van der Waals surface area contributed by atoms with Gasteiger partial charge in [-0.15, -0.1) is 0 Å².